The maximum atomic E-state index is 12.5. The van der Waals surface area contributed by atoms with E-state index in [4.69, 9.17) is 9.47 Å². The summed E-state index contributed by atoms with van der Waals surface area (Å²) in [5.74, 6) is 1.71. The highest BCUT2D eigenvalue weighted by Gasteiger charge is 2.10. The Morgan fingerprint density at radius 2 is 1.89 bits per heavy atom. The topological polar surface area (TPSA) is 72.5 Å². The highest BCUT2D eigenvalue weighted by atomic mass is 16.5. The van der Waals surface area contributed by atoms with Crippen molar-refractivity contribution < 1.29 is 14.3 Å². The third-order valence-corrected chi connectivity index (χ3v) is 4.23. The normalized spacial score (nSPS) is 10.2. The molecule has 0 spiro atoms. The molecule has 0 saturated carbocycles. The highest BCUT2D eigenvalue weighted by Crippen LogP contribution is 2.31. The molecule has 0 fully saturated rings. The van der Waals surface area contributed by atoms with Gasteiger partial charge in [-0.1, -0.05) is 29.8 Å². The van der Waals surface area contributed by atoms with E-state index < -0.39 is 0 Å². The van der Waals surface area contributed by atoms with Crippen molar-refractivity contribution >= 4 is 17.4 Å². The molecular formula is C22H23N3O3. The summed E-state index contributed by atoms with van der Waals surface area (Å²) in [5.41, 5.74) is 3.44. The number of nitrogens with zero attached hydrogens (tertiary/aromatic N) is 1. The Bertz CT molecular complexity index is 973. The van der Waals surface area contributed by atoms with Crippen LogP contribution in [0.4, 0.5) is 11.5 Å². The van der Waals surface area contributed by atoms with E-state index in [9.17, 15) is 4.79 Å². The lowest BCUT2D eigenvalue weighted by Gasteiger charge is -2.13. The van der Waals surface area contributed by atoms with Gasteiger partial charge >= 0.3 is 0 Å². The van der Waals surface area contributed by atoms with E-state index in [0.717, 1.165) is 11.1 Å². The van der Waals surface area contributed by atoms with Gasteiger partial charge in [0.25, 0.3) is 5.91 Å². The number of nitrogens with one attached hydrogen (secondary N) is 2. The Morgan fingerprint density at radius 1 is 1.04 bits per heavy atom. The predicted octanol–water partition coefficient (Wildman–Crippen LogP) is 4.08. The lowest BCUT2D eigenvalue weighted by molar-refractivity contribution is 0.0951. The fourth-order valence-electron chi connectivity index (χ4n) is 2.80. The van der Waals surface area contributed by atoms with Crippen LogP contribution < -0.4 is 20.1 Å². The maximum Gasteiger partial charge on any atom is 0.251 e. The van der Waals surface area contributed by atoms with Crippen molar-refractivity contribution in [3.63, 3.8) is 0 Å². The van der Waals surface area contributed by atoms with Crippen LogP contribution in [0.25, 0.3) is 0 Å². The summed E-state index contributed by atoms with van der Waals surface area (Å²) in [6.45, 7) is 2.49. The third kappa shape index (κ3) is 4.79. The zero-order chi connectivity index (χ0) is 19.9. The first-order valence-corrected chi connectivity index (χ1v) is 8.88. The van der Waals surface area contributed by atoms with Gasteiger partial charge in [-0.2, -0.15) is 0 Å². The molecule has 144 valence electrons. The second-order valence-corrected chi connectivity index (χ2v) is 6.29. The molecule has 0 aliphatic heterocycles. The quantitative estimate of drug-likeness (QED) is 0.649. The van der Waals surface area contributed by atoms with E-state index in [0.29, 0.717) is 35.1 Å². The number of hydrogen-bond donors (Lipinski definition) is 2. The zero-order valence-corrected chi connectivity index (χ0v) is 16.2. The van der Waals surface area contributed by atoms with Crippen molar-refractivity contribution in [3.8, 4) is 11.5 Å². The van der Waals surface area contributed by atoms with E-state index in [-0.39, 0.29) is 5.91 Å². The first kappa shape index (κ1) is 19.2. The summed E-state index contributed by atoms with van der Waals surface area (Å²) in [6.07, 6.45) is 1.59. The molecule has 1 heterocycles. The summed E-state index contributed by atoms with van der Waals surface area (Å²) < 4.78 is 10.6. The molecule has 2 N–H and O–H groups in total. The van der Waals surface area contributed by atoms with Crippen LogP contribution in [-0.2, 0) is 6.54 Å². The van der Waals surface area contributed by atoms with Gasteiger partial charge in [-0.05, 0) is 36.8 Å². The number of rotatable bonds is 7. The van der Waals surface area contributed by atoms with Crippen molar-refractivity contribution in [2.75, 3.05) is 19.5 Å². The van der Waals surface area contributed by atoms with Crippen molar-refractivity contribution in [2.24, 2.45) is 0 Å². The number of anilines is 2. The molecule has 3 rings (SSSR count). The van der Waals surface area contributed by atoms with Gasteiger partial charge in [-0.15, -0.1) is 0 Å². The minimum absolute atomic E-state index is 0.162. The van der Waals surface area contributed by atoms with Crippen LogP contribution in [0.3, 0.4) is 0 Å². The molecule has 1 amide bonds. The molecule has 0 unspecified atom stereocenters. The van der Waals surface area contributed by atoms with Gasteiger partial charge in [0.05, 0.1) is 19.9 Å². The van der Waals surface area contributed by atoms with E-state index >= 15 is 0 Å². The largest absolute Gasteiger partial charge is 0.497 e. The van der Waals surface area contributed by atoms with Crippen LogP contribution in [-0.4, -0.2) is 25.1 Å². The average Bonchev–Trinajstić information content (AvgIpc) is 2.72. The summed E-state index contributed by atoms with van der Waals surface area (Å²) in [4.78, 5) is 16.8. The lowest BCUT2D eigenvalue weighted by atomic mass is 10.1. The number of aryl methyl sites for hydroxylation is 1. The fourth-order valence-corrected chi connectivity index (χ4v) is 2.80. The Morgan fingerprint density at radius 3 is 2.64 bits per heavy atom. The number of hydrogen-bond acceptors (Lipinski definition) is 5. The predicted molar refractivity (Wildman–Crippen MR) is 109 cm³/mol. The molecule has 0 radical (unpaired) electrons. The van der Waals surface area contributed by atoms with Crippen LogP contribution in [0.5, 0.6) is 11.5 Å². The van der Waals surface area contributed by atoms with Crippen LogP contribution in [0, 0.1) is 6.92 Å². The highest BCUT2D eigenvalue weighted by molar-refractivity contribution is 5.94. The number of benzene rings is 2. The molecule has 28 heavy (non-hydrogen) atoms. The second kappa shape index (κ2) is 8.90. The number of methoxy groups -OCH3 is 2. The molecular weight excluding hydrogens is 354 g/mol. The smallest absolute Gasteiger partial charge is 0.251 e. The standard InChI is InChI=1S/C22H23N3O3/c1-15-5-4-6-16(11-15)14-24-22(26)17-9-10-23-21(12-17)25-19-13-18(27-2)7-8-20(19)28-3/h4-13H,14H2,1-3H3,(H,23,25)(H,24,26). The summed E-state index contributed by atoms with van der Waals surface area (Å²) in [7, 11) is 3.19. The van der Waals surface area contributed by atoms with Gasteiger partial charge in [0.2, 0.25) is 0 Å². The molecule has 6 nitrogen and oxygen atoms in total. The van der Waals surface area contributed by atoms with Crippen molar-refractivity contribution in [2.45, 2.75) is 13.5 Å². The monoisotopic (exact) mass is 377 g/mol. The van der Waals surface area contributed by atoms with Gasteiger partial charge in [0.1, 0.15) is 17.3 Å². The molecule has 2 aromatic carbocycles. The number of amides is 1. The summed E-state index contributed by atoms with van der Waals surface area (Å²) in [5, 5.41) is 6.11. The van der Waals surface area contributed by atoms with E-state index in [1.165, 1.54) is 0 Å². The van der Waals surface area contributed by atoms with Crippen LogP contribution in [0.1, 0.15) is 21.5 Å². The third-order valence-electron chi connectivity index (χ3n) is 4.23. The molecule has 0 bridgehead atoms. The lowest BCUT2D eigenvalue weighted by Crippen LogP contribution is -2.23. The van der Waals surface area contributed by atoms with E-state index in [1.54, 1.807) is 38.6 Å². The Balaban J connectivity index is 1.72. The molecule has 6 heteroatoms. The molecule has 3 aromatic rings. The van der Waals surface area contributed by atoms with Gasteiger partial charge in [0, 0.05) is 24.4 Å². The first-order valence-electron chi connectivity index (χ1n) is 8.88. The molecule has 0 aliphatic rings. The summed E-state index contributed by atoms with van der Waals surface area (Å²) in [6, 6.07) is 16.9. The van der Waals surface area contributed by atoms with Crippen molar-refractivity contribution in [1.29, 1.82) is 0 Å². The zero-order valence-electron chi connectivity index (χ0n) is 16.2. The first-order chi connectivity index (χ1) is 13.6. The Hall–Kier alpha value is -3.54. The van der Waals surface area contributed by atoms with Crippen molar-refractivity contribution in [3.05, 3.63) is 77.5 Å². The van der Waals surface area contributed by atoms with Crippen molar-refractivity contribution in [1.82, 2.24) is 10.3 Å². The molecule has 0 aliphatic carbocycles. The number of carbonyl (C=O) groups is 1. The maximum absolute atomic E-state index is 12.5. The van der Waals surface area contributed by atoms with E-state index in [2.05, 4.69) is 21.7 Å². The number of ether oxygens (including phenoxy) is 2. The van der Waals surface area contributed by atoms with Crippen LogP contribution >= 0.6 is 0 Å². The average molecular weight is 377 g/mol. The van der Waals surface area contributed by atoms with Gasteiger partial charge in [-0.3, -0.25) is 4.79 Å². The minimum atomic E-state index is -0.162. The Labute approximate surface area is 164 Å². The molecule has 0 saturated heterocycles. The molecule has 1 aromatic heterocycles. The second-order valence-electron chi connectivity index (χ2n) is 6.29. The fraction of sp³-hybridized carbons (Fsp3) is 0.182. The minimum Gasteiger partial charge on any atom is -0.497 e. The van der Waals surface area contributed by atoms with Crippen LogP contribution in [0.15, 0.2) is 60.8 Å². The molecule has 0 atom stereocenters. The number of carbonyl (C=O) groups excluding carboxylic acids is 1. The van der Waals surface area contributed by atoms with Gasteiger partial charge in [-0.25, -0.2) is 4.98 Å². The SMILES string of the molecule is COc1ccc(OC)c(Nc2cc(C(=O)NCc3cccc(C)c3)ccn2)c1. The summed E-state index contributed by atoms with van der Waals surface area (Å²) >= 11 is 0. The Kier molecular flexibility index (Phi) is 6.11. The number of pyridine rings is 1. The van der Waals surface area contributed by atoms with E-state index in [1.807, 2.05) is 37.3 Å². The van der Waals surface area contributed by atoms with Gasteiger partial charge in [0.15, 0.2) is 0 Å². The van der Waals surface area contributed by atoms with Gasteiger partial charge < -0.3 is 20.1 Å². The number of aromatic nitrogens is 1. The van der Waals surface area contributed by atoms with Crippen LogP contribution in [0.2, 0.25) is 0 Å².